The normalized spacial score (nSPS) is 25.8. The summed E-state index contributed by atoms with van der Waals surface area (Å²) in [5.41, 5.74) is 1.83. The number of urea groups is 1. The van der Waals surface area contributed by atoms with Gasteiger partial charge in [0, 0.05) is 32.0 Å². The van der Waals surface area contributed by atoms with Crippen molar-refractivity contribution in [3.63, 3.8) is 0 Å². The summed E-state index contributed by atoms with van der Waals surface area (Å²) in [5.74, 6) is -0.00652. The number of hydrogen-bond acceptors (Lipinski definition) is 3. The third-order valence-corrected chi connectivity index (χ3v) is 7.11. The van der Waals surface area contributed by atoms with Crippen molar-refractivity contribution in [3.8, 4) is 0 Å². The van der Waals surface area contributed by atoms with E-state index >= 15 is 0 Å². The molecule has 30 heavy (non-hydrogen) atoms. The second kappa shape index (κ2) is 8.42. The number of likely N-dealkylation sites (tertiary alicyclic amines) is 2. The Kier molecular flexibility index (Phi) is 5.87. The lowest BCUT2D eigenvalue weighted by Gasteiger charge is -2.70. The molecule has 2 atom stereocenters. The predicted molar refractivity (Wildman–Crippen MR) is 117 cm³/mol. The van der Waals surface area contributed by atoms with Crippen LogP contribution in [-0.2, 0) is 4.79 Å². The largest absolute Gasteiger partial charge is 0.394 e. The van der Waals surface area contributed by atoms with Crippen molar-refractivity contribution < 1.29 is 14.7 Å². The second-order valence-corrected chi connectivity index (χ2v) is 9.03. The van der Waals surface area contributed by atoms with Gasteiger partial charge in [0.25, 0.3) is 0 Å². The molecule has 1 aliphatic carbocycles. The minimum atomic E-state index is -0.411. The third kappa shape index (κ3) is 3.51. The van der Waals surface area contributed by atoms with E-state index in [1.807, 2.05) is 28.9 Å². The predicted octanol–water partition coefficient (Wildman–Crippen LogP) is 3.12. The lowest BCUT2D eigenvalue weighted by atomic mass is 9.60. The van der Waals surface area contributed by atoms with Gasteiger partial charge in [-0.1, -0.05) is 55.7 Å². The number of carbonyl (C=O) groups excluding carboxylic acids is 2. The highest BCUT2D eigenvalue weighted by Gasteiger charge is 2.67. The maximum absolute atomic E-state index is 12.8. The molecule has 0 aromatic heterocycles. The number of amides is 3. The Morgan fingerprint density at radius 1 is 1.17 bits per heavy atom. The number of nitrogens with zero attached hydrogens (tertiary/aromatic N) is 2. The minimum Gasteiger partial charge on any atom is -0.394 e. The second-order valence-electron chi connectivity index (χ2n) is 9.03. The highest BCUT2D eigenvalue weighted by molar-refractivity contribution is 5.80. The molecule has 1 saturated carbocycles. The lowest BCUT2D eigenvalue weighted by Crippen LogP contribution is -2.86. The quantitative estimate of drug-likeness (QED) is 0.800. The van der Waals surface area contributed by atoms with Crippen molar-refractivity contribution >= 4 is 18.0 Å². The SMILES string of the molecule is C/C=C/c1ccc([C@@H]2[C@@H](CO)N(C(C)=O)C23CN(C(=O)NC2CCCCC2)C3)cc1. The van der Waals surface area contributed by atoms with Crippen molar-refractivity contribution in [2.45, 2.75) is 69.5 Å². The topological polar surface area (TPSA) is 72.9 Å². The van der Waals surface area contributed by atoms with Gasteiger partial charge in [0.05, 0.1) is 18.2 Å². The van der Waals surface area contributed by atoms with Crippen molar-refractivity contribution in [2.75, 3.05) is 19.7 Å². The molecule has 1 aromatic carbocycles. The number of aliphatic hydroxyl groups excluding tert-OH is 1. The van der Waals surface area contributed by atoms with Crippen LogP contribution < -0.4 is 5.32 Å². The number of hydrogen-bond donors (Lipinski definition) is 2. The summed E-state index contributed by atoms with van der Waals surface area (Å²) in [4.78, 5) is 28.8. The molecular weight excluding hydrogens is 378 g/mol. The Bertz CT molecular complexity index is 807. The number of benzene rings is 1. The van der Waals surface area contributed by atoms with Gasteiger partial charge in [-0.3, -0.25) is 4.79 Å². The monoisotopic (exact) mass is 411 g/mol. The summed E-state index contributed by atoms with van der Waals surface area (Å²) in [5, 5.41) is 13.2. The first-order valence-electron chi connectivity index (χ1n) is 11.2. The zero-order valence-electron chi connectivity index (χ0n) is 18.0. The van der Waals surface area contributed by atoms with E-state index in [2.05, 4.69) is 29.6 Å². The highest BCUT2D eigenvalue weighted by atomic mass is 16.3. The number of aliphatic hydroxyl groups is 1. The summed E-state index contributed by atoms with van der Waals surface area (Å²) < 4.78 is 0. The third-order valence-electron chi connectivity index (χ3n) is 7.11. The zero-order chi connectivity index (χ0) is 21.3. The van der Waals surface area contributed by atoms with Gasteiger partial charge in [0.15, 0.2) is 0 Å². The fraction of sp³-hybridized carbons (Fsp3) is 0.583. The average molecular weight is 412 g/mol. The summed E-state index contributed by atoms with van der Waals surface area (Å²) in [7, 11) is 0. The van der Waals surface area contributed by atoms with Crippen LogP contribution >= 0.6 is 0 Å². The Labute approximate surface area is 178 Å². The van der Waals surface area contributed by atoms with E-state index in [-0.39, 0.29) is 36.5 Å². The van der Waals surface area contributed by atoms with Crippen LogP contribution in [0.15, 0.2) is 30.3 Å². The van der Waals surface area contributed by atoms with E-state index in [9.17, 15) is 14.7 Å². The van der Waals surface area contributed by atoms with Crippen LogP contribution in [0.3, 0.4) is 0 Å². The zero-order valence-corrected chi connectivity index (χ0v) is 18.0. The molecule has 6 heteroatoms. The molecule has 0 bridgehead atoms. The molecule has 2 N–H and O–H groups in total. The molecule has 162 valence electrons. The summed E-state index contributed by atoms with van der Waals surface area (Å²) >= 11 is 0. The maximum atomic E-state index is 12.8. The molecule has 2 aliphatic heterocycles. The fourth-order valence-electron chi connectivity index (χ4n) is 5.80. The first-order valence-corrected chi connectivity index (χ1v) is 11.2. The van der Waals surface area contributed by atoms with Crippen LogP contribution in [0.2, 0.25) is 0 Å². The molecule has 1 aromatic rings. The number of rotatable bonds is 4. The molecule has 3 aliphatic rings. The maximum Gasteiger partial charge on any atom is 0.317 e. The minimum absolute atomic E-state index is 0.0225. The number of nitrogens with one attached hydrogen (secondary N) is 1. The van der Waals surface area contributed by atoms with Crippen LogP contribution in [0.4, 0.5) is 4.79 Å². The molecule has 0 radical (unpaired) electrons. The van der Waals surface area contributed by atoms with Gasteiger partial charge in [-0.2, -0.15) is 0 Å². The summed E-state index contributed by atoms with van der Waals surface area (Å²) in [6.07, 6.45) is 9.77. The van der Waals surface area contributed by atoms with Gasteiger partial charge < -0.3 is 20.2 Å². The van der Waals surface area contributed by atoms with E-state index in [4.69, 9.17) is 0 Å². The fourth-order valence-corrected chi connectivity index (χ4v) is 5.80. The molecule has 3 fully saturated rings. The van der Waals surface area contributed by atoms with Gasteiger partial charge in [-0.25, -0.2) is 4.79 Å². The highest BCUT2D eigenvalue weighted by Crippen LogP contribution is 2.53. The molecule has 2 saturated heterocycles. The molecule has 0 unspecified atom stereocenters. The van der Waals surface area contributed by atoms with E-state index in [0.717, 1.165) is 24.0 Å². The van der Waals surface area contributed by atoms with Gasteiger partial charge in [-0.15, -0.1) is 0 Å². The standard InChI is InChI=1S/C24H33N3O3/c1-3-7-18-10-12-19(13-11-18)22-21(14-28)27(17(2)29)24(22)15-26(16-24)23(30)25-20-8-5-4-6-9-20/h3,7,10-13,20-22,28H,4-6,8-9,14-16H2,1-2H3,(H,25,30)/b7-3+/t21-,22-/m1/s1. The Morgan fingerprint density at radius 3 is 2.40 bits per heavy atom. The van der Waals surface area contributed by atoms with Crippen molar-refractivity contribution in [3.05, 3.63) is 41.5 Å². The van der Waals surface area contributed by atoms with Crippen molar-refractivity contribution in [1.29, 1.82) is 0 Å². The molecular formula is C24H33N3O3. The van der Waals surface area contributed by atoms with E-state index < -0.39 is 5.54 Å². The average Bonchev–Trinajstić information content (AvgIpc) is 2.68. The molecule has 1 spiro atoms. The molecule has 4 rings (SSSR count). The summed E-state index contributed by atoms with van der Waals surface area (Å²) in [6.45, 7) is 4.51. The number of allylic oxidation sites excluding steroid dienone is 1. The lowest BCUT2D eigenvalue weighted by molar-refractivity contribution is -0.191. The van der Waals surface area contributed by atoms with E-state index in [1.54, 1.807) is 6.92 Å². The van der Waals surface area contributed by atoms with Crippen molar-refractivity contribution in [1.82, 2.24) is 15.1 Å². The van der Waals surface area contributed by atoms with E-state index in [0.29, 0.717) is 13.1 Å². The van der Waals surface area contributed by atoms with Crippen molar-refractivity contribution in [2.24, 2.45) is 0 Å². The number of carbonyl (C=O) groups is 2. The van der Waals surface area contributed by atoms with Crippen LogP contribution in [0.1, 0.15) is 63.0 Å². The van der Waals surface area contributed by atoms with Crippen LogP contribution in [0.25, 0.3) is 6.08 Å². The van der Waals surface area contributed by atoms with Gasteiger partial charge in [-0.05, 0) is 30.9 Å². The molecule has 6 nitrogen and oxygen atoms in total. The Balaban J connectivity index is 1.50. The van der Waals surface area contributed by atoms with E-state index in [1.165, 1.54) is 19.3 Å². The van der Waals surface area contributed by atoms with Gasteiger partial charge in [0.2, 0.25) is 5.91 Å². The Hall–Kier alpha value is -2.34. The molecule has 3 amide bonds. The molecule has 2 heterocycles. The summed E-state index contributed by atoms with van der Waals surface area (Å²) in [6, 6.07) is 8.33. The van der Waals surface area contributed by atoms with Crippen LogP contribution in [0, 0.1) is 0 Å². The van der Waals surface area contributed by atoms with Crippen LogP contribution in [-0.4, -0.2) is 64.2 Å². The van der Waals surface area contributed by atoms with Gasteiger partial charge >= 0.3 is 6.03 Å². The first-order chi connectivity index (χ1) is 14.5. The Morgan fingerprint density at radius 2 is 1.83 bits per heavy atom. The van der Waals surface area contributed by atoms with Gasteiger partial charge in [0.1, 0.15) is 0 Å². The van der Waals surface area contributed by atoms with Crippen LogP contribution in [0.5, 0.6) is 0 Å². The first kappa shape index (κ1) is 20.9. The smallest absolute Gasteiger partial charge is 0.317 e.